The van der Waals surface area contributed by atoms with Gasteiger partial charge in [-0.05, 0) is 37.0 Å². The van der Waals surface area contributed by atoms with E-state index >= 15 is 0 Å². The molecule has 0 unspecified atom stereocenters. The molecule has 0 aliphatic heterocycles. The van der Waals surface area contributed by atoms with Crippen molar-refractivity contribution in [3.8, 4) is 5.69 Å². The second-order valence-corrected chi connectivity index (χ2v) is 7.31. The lowest BCUT2D eigenvalue weighted by atomic mass is 10.0. The van der Waals surface area contributed by atoms with Crippen LogP contribution in [-0.2, 0) is 4.79 Å². The molecule has 1 atom stereocenters. The Kier molecular flexibility index (Phi) is 6.91. The maximum Gasteiger partial charge on any atom is 0.230 e. The van der Waals surface area contributed by atoms with Crippen LogP contribution in [0.5, 0.6) is 0 Å². The molecule has 0 aliphatic rings. The highest BCUT2D eigenvalue weighted by atomic mass is 32.2. The van der Waals surface area contributed by atoms with Gasteiger partial charge in [-0.25, -0.2) is 4.98 Å². The minimum Gasteiger partial charge on any atom is -0.353 e. The van der Waals surface area contributed by atoms with Gasteiger partial charge in [-0.1, -0.05) is 51.1 Å². The number of hydrogen-bond donors (Lipinski definition) is 1. The molecule has 0 spiro atoms. The molecule has 1 heterocycles. The second-order valence-electron chi connectivity index (χ2n) is 6.37. The summed E-state index contributed by atoms with van der Waals surface area (Å²) in [5.74, 6) is 0.963. The summed E-state index contributed by atoms with van der Waals surface area (Å²) in [5.41, 5.74) is 2.39. The minimum atomic E-state index is 0.0608. The number of hydrogen-bond acceptors (Lipinski definition) is 3. The Balaban J connectivity index is 1.99. The van der Waals surface area contributed by atoms with Crippen LogP contribution >= 0.6 is 11.8 Å². The summed E-state index contributed by atoms with van der Waals surface area (Å²) in [6.07, 6.45) is 5.79. The van der Waals surface area contributed by atoms with Crippen molar-refractivity contribution >= 4 is 17.7 Å². The monoisotopic (exact) mass is 345 g/mol. The first kappa shape index (κ1) is 18.6. The number of aromatic nitrogens is 2. The molecule has 0 radical (unpaired) electrons. The van der Waals surface area contributed by atoms with Crippen molar-refractivity contribution in [2.24, 2.45) is 0 Å². The van der Waals surface area contributed by atoms with Crippen LogP contribution in [0.15, 0.2) is 41.8 Å². The highest BCUT2D eigenvalue weighted by Crippen LogP contribution is 2.22. The number of carbonyl (C=O) groups is 1. The largest absolute Gasteiger partial charge is 0.353 e. The Labute approximate surface area is 149 Å². The summed E-state index contributed by atoms with van der Waals surface area (Å²) in [6.45, 7) is 8.54. The van der Waals surface area contributed by atoms with Crippen LogP contribution in [0.4, 0.5) is 0 Å². The van der Waals surface area contributed by atoms with E-state index in [0.29, 0.717) is 11.7 Å². The molecule has 2 rings (SSSR count). The van der Waals surface area contributed by atoms with Crippen LogP contribution < -0.4 is 5.32 Å². The molecule has 130 valence electrons. The molecule has 0 fully saturated rings. The molecule has 0 saturated carbocycles. The molecule has 1 N–H and O–H groups in total. The summed E-state index contributed by atoms with van der Waals surface area (Å²) >= 11 is 1.47. The zero-order chi connectivity index (χ0) is 17.5. The maximum absolute atomic E-state index is 12.0. The van der Waals surface area contributed by atoms with Gasteiger partial charge in [0.25, 0.3) is 0 Å². The van der Waals surface area contributed by atoms with Crippen molar-refractivity contribution in [2.45, 2.75) is 57.7 Å². The number of benzene rings is 1. The fourth-order valence-electron chi connectivity index (χ4n) is 2.56. The molecular weight excluding hydrogens is 318 g/mol. The summed E-state index contributed by atoms with van der Waals surface area (Å²) in [5, 5.41) is 3.86. The van der Waals surface area contributed by atoms with E-state index in [4.69, 9.17) is 0 Å². The van der Waals surface area contributed by atoms with E-state index in [2.05, 4.69) is 55.3 Å². The zero-order valence-electron chi connectivity index (χ0n) is 15.0. The average Bonchev–Trinajstić information content (AvgIpc) is 3.01. The van der Waals surface area contributed by atoms with E-state index in [9.17, 15) is 4.79 Å². The summed E-state index contributed by atoms with van der Waals surface area (Å²) in [4.78, 5) is 16.4. The number of thioether (sulfide) groups is 1. The van der Waals surface area contributed by atoms with Crippen LogP contribution in [0, 0.1) is 0 Å². The third kappa shape index (κ3) is 5.13. The van der Waals surface area contributed by atoms with Crippen molar-refractivity contribution in [2.75, 3.05) is 5.75 Å². The topological polar surface area (TPSA) is 46.9 Å². The van der Waals surface area contributed by atoms with E-state index in [1.165, 1.54) is 17.3 Å². The fourth-order valence-corrected chi connectivity index (χ4v) is 3.35. The Hall–Kier alpha value is -1.75. The Morgan fingerprint density at radius 1 is 1.25 bits per heavy atom. The molecule has 5 heteroatoms. The van der Waals surface area contributed by atoms with Crippen LogP contribution in [0.25, 0.3) is 5.69 Å². The molecule has 0 aliphatic carbocycles. The normalized spacial score (nSPS) is 12.4. The van der Waals surface area contributed by atoms with Crippen molar-refractivity contribution < 1.29 is 4.79 Å². The van der Waals surface area contributed by atoms with Gasteiger partial charge in [0, 0.05) is 24.1 Å². The number of nitrogens with one attached hydrogen (secondary N) is 1. The Bertz CT molecular complexity index is 649. The van der Waals surface area contributed by atoms with Gasteiger partial charge in [0.1, 0.15) is 0 Å². The van der Waals surface area contributed by atoms with E-state index in [1.807, 2.05) is 17.7 Å². The minimum absolute atomic E-state index is 0.0608. The van der Waals surface area contributed by atoms with Crippen LogP contribution in [-0.4, -0.2) is 27.3 Å². The first-order valence-electron chi connectivity index (χ1n) is 8.57. The second kappa shape index (κ2) is 8.92. The summed E-state index contributed by atoms with van der Waals surface area (Å²) in [7, 11) is 0. The van der Waals surface area contributed by atoms with Crippen molar-refractivity contribution in [1.82, 2.24) is 14.9 Å². The van der Waals surface area contributed by atoms with Crippen LogP contribution in [0.3, 0.4) is 0 Å². The predicted molar refractivity (Wildman–Crippen MR) is 101 cm³/mol. The predicted octanol–water partition coefficient (Wildman–Crippen LogP) is 4.39. The van der Waals surface area contributed by atoms with Crippen LogP contribution in [0.1, 0.15) is 52.0 Å². The van der Waals surface area contributed by atoms with Crippen molar-refractivity contribution in [1.29, 1.82) is 0 Å². The van der Waals surface area contributed by atoms with E-state index in [1.54, 1.807) is 6.20 Å². The van der Waals surface area contributed by atoms with E-state index in [-0.39, 0.29) is 11.9 Å². The molecule has 0 bridgehead atoms. The lowest BCUT2D eigenvalue weighted by molar-refractivity contribution is -0.119. The first-order valence-corrected chi connectivity index (χ1v) is 9.55. The number of rotatable bonds is 8. The molecule has 0 saturated heterocycles. The SMILES string of the molecule is CCC[C@H](C)NC(=O)CSc1nccn1-c1ccc(C(C)C)cc1. The van der Waals surface area contributed by atoms with Gasteiger partial charge in [-0.2, -0.15) is 0 Å². The van der Waals surface area contributed by atoms with Crippen molar-refractivity contribution in [3.05, 3.63) is 42.2 Å². The average molecular weight is 346 g/mol. The number of carbonyl (C=O) groups excluding carboxylic acids is 1. The lowest BCUT2D eigenvalue weighted by Gasteiger charge is -2.13. The molecule has 24 heavy (non-hydrogen) atoms. The van der Waals surface area contributed by atoms with Crippen molar-refractivity contribution in [3.63, 3.8) is 0 Å². The highest BCUT2D eigenvalue weighted by Gasteiger charge is 2.11. The van der Waals surface area contributed by atoms with Gasteiger partial charge in [-0.15, -0.1) is 0 Å². The molecule has 2 aromatic rings. The first-order chi connectivity index (χ1) is 11.5. The Morgan fingerprint density at radius 2 is 1.96 bits per heavy atom. The number of amides is 1. The van der Waals surface area contributed by atoms with Gasteiger partial charge in [0.15, 0.2) is 5.16 Å². The number of nitrogens with zero attached hydrogens (tertiary/aromatic N) is 2. The van der Waals surface area contributed by atoms with Gasteiger partial charge in [0.05, 0.1) is 5.75 Å². The van der Waals surface area contributed by atoms with E-state index in [0.717, 1.165) is 23.7 Å². The third-order valence-electron chi connectivity index (χ3n) is 3.91. The quantitative estimate of drug-likeness (QED) is 0.722. The summed E-state index contributed by atoms with van der Waals surface area (Å²) < 4.78 is 2.03. The van der Waals surface area contributed by atoms with Gasteiger partial charge in [-0.3, -0.25) is 9.36 Å². The Morgan fingerprint density at radius 3 is 2.58 bits per heavy atom. The lowest BCUT2D eigenvalue weighted by Crippen LogP contribution is -2.33. The van der Waals surface area contributed by atoms with Crippen LogP contribution in [0.2, 0.25) is 0 Å². The van der Waals surface area contributed by atoms with Gasteiger partial charge >= 0.3 is 0 Å². The maximum atomic E-state index is 12.0. The molecule has 1 aromatic heterocycles. The number of imidazole rings is 1. The smallest absolute Gasteiger partial charge is 0.230 e. The fraction of sp³-hybridized carbons (Fsp3) is 0.474. The van der Waals surface area contributed by atoms with Gasteiger partial charge in [0.2, 0.25) is 5.91 Å². The zero-order valence-corrected chi connectivity index (χ0v) is 15.8. The molecular formula is C19H27N3OS. The third-order valence-corrected chi connectivity index (χ3v) is 4.87. The van der Waals surface area contributed by atoms with Gasteiger partial charge < -0.3 is 5.32 Å². The summed E-state index contributed by atoms with van der Waals surface area (Å²) in [6, 6.07) is 8.72. The molecule has 1 aromatic carbocycles. The standard InChI is InChI=1S/C19H27N3OS/c1-5-6-15(4)21-18(23)13-24-19-20-11-12-22(19)17-9-7-16(8-10-17)14(2)3/h7-12,14-15H,5-6,13H2,1-4H3,(H,21,23)/t15-/m0/s1. The molecule has 1 amide bonds. The van der Waals surface area contributed by atoms with E-state index < -0.39 is 0 Å². The highest BCUT2D eigenvalue weighted by molar-refractivity contribution is 7.99. The molecule has 4 nitrogen and oxygen atoms in total.